The Labute approximate surface area is 177 Å². The van der Waals surface area contributed by atoms with E-state index in [0.29, 0.717) is 17.6 Å². The molecule has 6 nitrogen and oxygen atoms in total. The first kappa shape index (κ1) is 21.3. The van der Waals surface area contributed by atoms with E-state index >= 15 is 0 Å². The lowest BCUT2D eigenvalue weighted by molar-refractivity contribution is -0.122. The van der Waals surface area contributed by atoms with Crippen molar-refractivity contribution in [3.63, 3.8) is 0 Å². The van der Waals surface area contributed by atoms with Gasteiger partial charge in [0, 0.05) is 22.8 Å². The van der Waals surface area contributed by atoms with Crippen LogP contribution in [0.2, 0.25) is 0 Å². The molecule has 0 bridgehead atoms. The van der Waals surface area contributed by atoms with Gasteiger partial charge in [0.1, 0.15) is 5.75 Å². The lowest BCUT2D eigenvalue weighted by atomic mass is 10.0. The first-order chi connectivity index (χ1) is 14.3. The minimum absolute atomic E-state index is 0.214. The summed E-state index contributed by atoms with van der Waals surface area (Å²) < 4.78 is 5.95. The van der Waals surface area contributed by atoms with Crippen molar-refractivity contribution in [3.05, 3.63) is 71.5 Å². The van der Waals surface area contributed by atoms with Crippen LogP contribution in [0.4, 0.5) is 17.3 Å². The molecule has 3 aromatic rings. The predicted octanol–water partition coefficient (Wildman–Crippen LogP) is 5.37. The van der Waals surface area contributed by atoms with Crippen molar-refractivity contribution in [1.29, 1.82) is 0 Å². The van der Waals surface area contributed by atoms with Crippen LogP contribution in [0.3, 0.4) is 0 Å². The normalized spacial score (nSPS) is 11.8. The predicted molar refractivity (Wildman–Crippen MR) is 120 cm³/mol. The molecular weight excluding hydrogens is 376 g/mol. The molecule has 0 fully saturated rings. The van der Waals surface area contributed by atoms with Crippen LogP contribution < -0.4 is 15.4 Å². The summed E-state index contributed by atoms with van der Waals surface area (Å²) in [6.07, 6.45) is -0.635. The number of para-hydroxylation sites is 1. The van der Waals surface area contributed by atoms with E-state index in [1.807, 2.05) is 68.4 Å². The zero-order valence-electron chi connectivity index (χ0n) is 18.1. The minimum Gasteiger partial charge on any atom is -0.481 e. The summed E-state index contributed by atoms with van der Waals surface area (Å²) in [6, 6.07) is 17.2. The maximum atomic E-state index is 12.7. The number of amides is 1. The molecule has 0 spiro atoms. The number of aromatic nitrogens is 2. The SMILES string of the molecule is Cc1cc(C)nc(Nc2cccc(NC(=O)C(C)Oc3ccccc3C(C)C)c2)n1. The summed E-state index contributed by atoms with van der Waals surface area (Å²) in [5, 5.41) is 6.10. The standard InChI is InChI=1S/C24H28N4O2/c1-15(2)21-11-6-7-12-22(21)30-18(5)23(29)27-19-9-8-10-20(14-19)28-24-25-16(3)13-17(4)26-24/h6-15,18H,1-5H3,(H,27,29)(H,25,26,28). The van der Waals surface area contributed by atoms with E-state index in [4.69, 9.17) is 4.74 Å². The summed E-state index contributed by atoms with van der Waals surface area (Å²) in [6.45, 7) is 9.80. The van der Waals surface area contributed by atoms with Gasteiger partial charge < -0.3 is 15.4 Å². The fraction of sp³-hybridized carbons (Fsp3) is 0.292. The Balaban J connectivity index is 1.67. The first-order valence-corrected chi connectivity index (χ1v) is 10.1. The van der Waals surface area contributed by atoms with Crippen LogP contribution in [0.5, 0.6) is 5.75 Å². The third kappa shape index (κ3) is 5.56. The number of benzene rings is 2. The van der Waals surface area contributed by atoms with Gasteiger partial charge in [0.15, 0.2) is 6.10 Å². The van der Waals surface area contributed by atoms with Crippen LogP contribution in [0.15, 0.2) is 54.6 Å². The summed E-state index contributed by atoms with van der Waals surface area (Å²) in [7, 11) is 0. The Bertz CT molecular complexity index is 1010. The second kappa shape index (κ2) is 9.39. The van der Waals surface area contributed by atoms with Crippen molar-refractivity contribution in [2.24, 2.45) is 0 Å². The van der Waals surface area contributed by atoms with E-state index in [2.05, 4.69) is 34.4 Å². The molecule has 1 unspecified atom stereocenters. The number of hydrogen-bond acceptors (Lipinski definition) is 5. The van der Waals surface area contributed by atoms with E-state index < -0.39 is 6.10 Å². The number of hydrogen-bond donors (Lipinski definition) is 2. The smallest absolute Gasteiger partial charge is 0.265 e. The number of anilines is 3. The van der Waals surface area contributed by atoms with Crippen LogP contribution in [0.1, 0.15) is 43.6 Å². The van der Waals surface area contributed by atoms with Gasteiger partial charge in [-0.1, -0.05) is 38.1 Å². The summed E-state index contributed by atoms with van der Waals surface area (Å²) in [4.78, 5) is 21.5. The maximum absolute atomic E-state index is 12.7. The number of carbonyl (C=O) groups excluding carboxylic acids is 1. The van der Waals surface area contributed by atoms with Crippen LogP contribution in [0.25, 0.3) is 0 Å². The monoisotopic (exact) mass is 404 g/mol. The number of ether oxygens (including phenoxy) is 1. The van der Waals surface area contributed by atoms with Gasteiger partial charge in [0.05, 0.1) is 0 Å². The van der Waals surface area contributed by atoms with Crippen molar-refractivity contribution >= 4 is 23.2 Å². The van der Waals surface area contributed by atoms with E-state index in [9.17, 15) is 4.79 Å². The maximum Gasteiger partial charge on any atom is 0.265 e. The van der Waals surface area contributed by atoms with Gasteiger partial charge in [-0.2, -0.15) is 0 Å². The number of aryl methyl sites for hydroxylation is 2. The number of carbonyl (C=O) groups is 1. The van der Waals surface area contributed by atoms with Gasteiger partial charge in [-0.05, 0) is 62.6 Å². The van der Waals surface area contributed by atoms with Crippen molar-refractivity contribution in [1.82, 2.24) is 9.97 Å². The zero-order chi connectivity index (χ0) is 21.7. The van der Waals surface area contributed by atoms with E-state index in [-0.39, 0.29) is 5.91 Å². The largest absolute Gasteiger partial charge is 0.481 e. The highest BCUT2D eigenvalue weighted by Gasteiger charge is 2.17. The zero-order valence-corrected chi connectivity index (χ0v) is 18.1. The molecule has 0 aliphatic rings. The average Bonchev–Trinajstić information content (AvgIpc) is 2.67. The van der Waals surface area contributed by atoms with E-state index in [1.165, 1.54) is 0 Å². The number of nitrogens with one attached hydrogen (secondary N) is 2. The second-order valence-electron chi connectivity index (χ2n) is 7.62. The molecule has 1 amide bonds. The Morgan fingerprint density at radius 1 is 0.900 bits per heavy atom. The summed E-state index contributed by atoms with van der Waals surface area (Å²) >= 11 is 0. The van der Waals surface area contributed by atoms with Gasteiger partial charge in [0.2, 0.25) is 5.95 Å². The van der Waals surface area contributed by atoms with E-state index in [1.54, 1.807) is 6.92 Å². The average molecular weight is 405 g/mol. The van der Waals surface area contributed by atoms with Gasteiger partial charge in [-0.25, -0.2) is 9.97 Å². The first-order valence-electron chi connectivity index (χ1n) is 10.1. The molecule has 156 valence electrons. The Hall–Kier alpha value is -3.41. The highest BCUT2D eigenvalue weighted by molar-refractivity contribution is 5.94. The summed E-state index contributed by atoms with van der Waals surface area (Å²) in [5.74, 6) is 1.36. The molecule has 0 saturated heterocycles. The molecule has 1 heterocycles. The van der Waals surface area contributed by atoms with Crippen molar-refractivity contribution in [3.8, 4) is 5.75 Å². The van der Waals surface area contributed by atoms with Gasteiger partial charge in [0.25, 0.3) is 5.91 Å². The van der Waals surface area contributed by atoms with Gasteiger partial charge in [-0.15, -0.1) is 0 Å². The lowest BCUT2D eigenvalue weighted by Crippen LogP contribution is -2.30. The van der Waals surface area contributed by atoms with Crippen LogP contribution in [-0.4, -0.2) is 22.0 Å². The van der Waals surface area contributed by atoms with E-state index in [0.717, 1.165) is 28.4 Å². The molecule has 2 aromatic carbocycles. The molecule has 3 rings (SSSR count). The Morgan fingerprint density at radius 3 is 2.27 bits per heavy atom. The second-order valence-corrected chi connectivity index (χ2v) is 7.62. The lowest BCUT2D eigenvalue weighted by Gasteiger charge is -2.19. The topological polar surface area (TPSA) is 76.1 Å². The fourth-order valence-electron chi connectivity index (χ4n) is 3.14. The fourth-order valence-corrected chi connectivity index (χ4v) is 3.14. The van der Waals surface area contributed by atoms with Crippen LogP contribution in [-0.2, 0) is 4.79 Å². The molecule has 0 aliphatic heterocycles. The van der Waals surface area contributed by atoms with Crippen molar-refractivity contribution < 1.29 is 9.53 Å². The summed E-state index contributed by atoms with van der Waals surface area (Å²) in [5.41, 5.74) is 4.32. The highest BCUT2D eigenvalue weighted by atomic mass is 16.5. The highest BCUT2D eigenvalue weighted by Crippen LogP contribution is 2.27. The van der Waals surface area contributed by atoms with Crippen LogP contribution >= 0.6 is 0 Å². The molecule has 0 saturated carbocycles. The molecule has 2 N–H and O–H groups in total. The quantitative estimate of drug-likeness (QED) is 0.554. The third-order valence-electron chi connectivity index (χ3n) is 4.58. The molecule has 1 aromatic heterocycles. The minimum atomic E-state index is -0.635. The number of rotatable bonds is 7. The Morgan fingerprint density at radius 2 is 1.57 bits per heavy atom. The molecule has 30 heavy (non-hydrogen) atoms. The Kier molecular flexibility index (Phi) is 6.67. The van der Waals surface area contributed by atoms with Gasteiger partial charge >= 0.3 is 0 Å². The number of nitrogens with zero attached hydrogens (tertiary/aromatic N) is 2. The molecular formula is C24H28N4O2. The molecule has 0 aliphatic carbocycles. The molecule has 6 heteroatoms. The third-order valence-corrected chi connectivity index (χ3v) is 4.58. The molecule has 1 atom stereocenters. The van der Waals surface area contributed by atoms with Gasteiger partial charge in [-0.3, -0.25) is 4.79 Å². The van der Waals surface area contributed by atoms with Crippen molar-refractivity contribution in [2.75, 3.05) is 10.6 Å². The van der Waals surface area contributed by atoms with Crippen LogP contribution in [0, 0.1) is 13.8 Å². The molecule has 0 radical (unpaired) electrons. The van der Waals surface area contributed by atoms with Crippen molar-refractivity contribution in [2.45, 2.75) is 46.6 Å².